The van der Waals surface area contributed by atoms with E-state index in [2.05, 4.69) is 15.9 Å². The number of halogens is 1. The molecule has 0 saturated carbocycles. The zero-order valence-electron chi connectivity index (χ0n) is 7.87. The first kappa shape index (κ1) is 11.2. The third kappa shape index (κ3) is 2.55. The van der Waals surface area contributed by atoms with Gasteiger partial charge in [-0.15, -0.1) is 0 Å². The van der Waals surface area contributed by atoms with Crippen molar-refractivity contribution in [1.82, 2.24) is 0 Å². The minimum absolute atomic E-state index is 0.472. The molecule has 0 bridgehead atoms. The summed E-state index contributed by atoms with van der Waals surface area (Å²) in [6.07, 6.45) is 1.85. The zero-order chi connectivity index (χ0) is 10.6. The number of hydrogen-bond donors (Lipinski definition) is 0. The first-order chi connectivity index (χ1) is 6.69. The molecule has 0 unspecified atom stereocenters. The van der Waals surface area contributed by atoms with Crippen LogP contribution in [0.5, 0.6) is 0 Å². The predicted molar refractivity (Wildman–Crippen MR) is 61.6 cm³/mol. The lowest BCUT2D eigenvalue weighted by Gasteiger charge is -2.09. The number of carbonyl (C=O) groups is 2. The van der Waals surface area contributed by atoms with Crippen molar-refractivity contribution in [1.29, 1.82) is 0 Å². The maximum atomic E-state index is 10.5. The monoisotopic (exact) mass is 252 g/mol. The summed E-state index contributed by atoms with van der Waals surface area (Å²) in [7, 11) is 1.97. The van der Waals surface area contributed by atoms with E-state index in [1.807, 2.05) is 26.0 Å². The zero-order valence-corrected chi connectivity index (χ0v) is 9.45. The molecule has 14 heavy (non-hydrogen) atoms. The molecule has 0 atom stereocenters. The Balaban J connectivity index is 2.95. The van der Waals surface area contributed by atoms with Gasteiger partial charge in [0, 0.05) is 4.47 Å². The van der Waals surface area contributed by atoms with Gasteiger partial charge in [0.25, 0.3) is 0 Å². The lowest BCUT2D eigenvalue weighted by Crippen LogP contribution is -2.17. The average Bonchev–Trinajstić information content (AvgIpc) is 2.18. The number of carbonyl (C=O) groups excluding carboxylic acids is 2. The Morgan fingerprint density at radius 2 is 2.00 bits per heavy atom. The van der Waals surface area contributed by atoms with Gasteiger partial charge >= 0.3 is 0 Å². The Morgan fingerprint density at radius 1 is 1.36 bits per heavy atom. The van der Waals surface area contributed by atoms with Crippen LogP contribution >= 0.6 is 15.9 Å². The van der Waals surface area contributed by atoms with E-state index in [-0.39, 0.29) is 0 Å². The van der Waals surface area contributed by atoms with Crippen molar-refractivity contribution >= 4 is 41.8 Å². The van der Waals surface area contributed by atoms with E-state index in [0.29, 0.717) is 19.0 Å². The topological polar surface area (TPSA) is 34.1 Å². The molecule has 4 heteroatoms. The van der Waals surface area contributed by atoms with E-state index in [0.717, 1.165) is 15.5 Å². The van der Waals surface area contributed by atoms with Crippen LogP contribution in [0.3, 0.4) is 0 Å². The van der Waals surface area contributed by atoms with Gasteiger partial charge in [0.2, 0.25) is 0 Å². The van der Waals surface area contributed by atoms with Crippen LogP contribution in [0.1, 0.15) is 5.56 Å². The molecular formula is C10H10BBrO2. The number of aldehydes is 2. The summed E-state index contributed by atoms with van der Waals surface area (Å²) in [4.78, 5) is 21.0. The van der Waals surface area contributed by atoms with Crippen molar-refractivity contribution in [2.45, 2.75) is 6.42 Å². The Bertz CT molecular complexity index is 324. The van der Waals surface area contributed by atoms with Gasteiger partial charge < -0.3 is 9.59 Å². The minimum Gasteiger partial charge on any atom is -0.303 e. The SMILES string of the molecule is Bc1cccc(Br)c1CC(C=O)C=O. The van der Waals surface area contributed by atoms with Crippen molar-refractivity contribution in [3.63, 3.8) is 0 Å². The van der Waals surface area contributed by atoms with Crippen LogP contribution in [0.25, 0.3) is 0 Å². The summed E-state index contributed by atoms with van der Waals surface area (Å²) in [5.74, 6) is -0.535. The highest BCUT2D eigenvalue weighted by Crippen LogP contribution is 2.16. The molecule has 0 N–H and O–H groups in total. The molecule has 0 saturated heterocycles. The van der Waals surface area contributed by atoms with Crippen LogP contribution in [-0.4, -0.2) is 20.4 Å². The van der Waals surface area contributed by atoms with E-state index in [1.165, 1.54) is 0 Å². The first-order valence-corrected chi connectivity index (χ1v) is 5.13. The van der Waals surface area contributed by atoms with Crippen molar-refractivity contribution < 1.29 is 9.59 Å². The van der Waals surface area contributed by atoms with Crippen molar-refractivity contribution in [3.05, 3.63) is 28.2 Å². The molecule has 1 aromatic carbocycles. The minimum atomic E-state index is -0.535. The molecule has 0 aliphatic carbocycles. The maximum Gasteiger partial charge on any atom is 0.139 e. The standard InChI is InChI=1S/C10H10BBrO2/c11-9-2-1-3-10(12)8(9)4-7(5-13)6-14/h1-3,5-7H,4,11H2. The summed E-state index contributed by atoms with van der Waals surface area (Å²) in [6, 6.07) is 5.81. The highest BCUT2D eigenvalue weighted by molar-refractivity contribution is 9.10. The number of rotatable bonds is 4. The molecule has 0 fully saturated rings. The quantitative estimate of drug-likeness (QED) is 0.438. The van der Waals surface area contributed by atoms with Crippen molar-refractivity contribution in [3.8, 4) is 0 Å². The molecule has 0 spiro atoms. The molecule has 72 valence electrons. The number of hydrogen-bond acceptors (Lipinski definition) is 2. The first-order valence-electron chi connectivity index (χ1n) is 4.33. The van der Waals surface area contributed by atoms with Gasteiger partial charge in [-0.2, -0.15) is 0 Å². The lowest BCUT2D eigenvalue weighted by atomic mass is 9.86. The van der Waals surface area contributed by atoms with E-state index in [9.17, 15) is 9.59 Å². The third-order valence-electron chi connectivity index (χ3n) is 2.14. The summed E-state index contributed by atoms with van der Waals surface area (Å²) < 4.78 is 0.950. The molecule has 0 heterocycles. The van der Waals surface area contributed by atoms with Gasteiger partial charge in [-0.1, -0.05) is 33.5 Å². The summed E-state index contributed by atoms with van der Waals surface area (Å²) in [5.41, 5.74) is 2.12. The van der Waals surface area contributed by atoms with Gasteiger partial charge in [-0.05, 0) is 18.1 Å². The smallest absolute Gasteiger partial charge is 0.139 e. The molecule has 0 radical (unpaired) electrons. The predicted octanol–water partition coefficient (Wildman–Crippen LogP) is 0.264. The molecule has 0 amide bonds. The fraction of sp³-hybridized carbons (Fsp3) is 0.200. The maximum absolute atomic E-state index is 10.5. The number of benzene rings is 1. The van der Waals surface area contributed by atoms with Crippen LogP contribution in [0.15, 0.2) is 22.7 Å². The van der Waals surface area contributed by atoms with Crippen LogP contribution in [0.2, 0.25) is 0 Å². The van der Waals surface area contributed by atoms with Gasteiger partial charge in [-0.3, -0.25) is 0 Å². The van der Waals surface area contributed by atoms with Gasteiger partial charge in [-0.25, -0.2) is 0 Å². The van der Waals surface area contributed by atoms with Gasteiger partial charge in [0.05, 0.1) is 5.92 Å². The van der Waals surface area contributed by atoms with E-state index < -0.39 is 5.92 Å². The average molecular weight is 253 g/mol. The molecule has 2 nitrogen and oxygen atoms in total. The van der Waals surface area contributed by atoms with Crippen molar-refractivity contribution in [2.75, 3.05) is 0 Å². The fourth-order valence-electron chi connectivity index (χ4n) is 1.29. The third-order valence-corrected chi connectivity index (χ3v) is 2.89. The van der Waals surface area contributed by atoms with E-state index >= 15 is 0 Å². The van der Waals surface area contributed by atoms with Crippen LogP contribution in [0, 0.1) is 5.92 Å². The van der Waals surface area contributed by atoms with Gasteiger partial charge in [0.1, 0.15) is 20.4 Å². The van der Waals surface area contributed by atoms with E-state index in [1.54, 1.807) is 0 Å². The Labute approximate surface area is 92.2 Å². The molecule has 1 rings (SSSR count). The Hall–Kier alpha value is -0.895. The summed E-state index contributed by atoms with van der Waals surface area (Å²) in [6.45, 7) is 0. The van der Waals surface area contributed by atoms with Crippen LogP contribution in [0.4, 0.5) is 0 Å². The molecule has 0 aliphatic heterocycles. The Kier molecular flexibility index (Phi) is 4.07. The molecule has 0 aromatic heterocycles. The second-order valence-corrected chi connectivity index (χ2v) is 4.03. The molecule has 1 aromatic rings. The van der Waals surface area contributed by atoms with Crippen molar-refractivity contribution in [2.24, 2.45) is 5.92 Å². The molecular weight excluding hydrogens is 243 g/mol. The highest BCUT2D eigenvalue weighted by Gasteiger charge is 2.10. The second-order valence-electron chi connectivity index (χ2n) is 3.18. The summed E-state index contributed by atoms with van der Waals surface area (Å²) >= 11 is 3.40. The normalized spacial score (nSPS) is 10.1. The molecule has 0 aliphatic rings. The second kappa shape index (κ2) is 5.10. The summed E-state index contributed by atoms with van der Waals surface area (Å²) in [5, 5.41) is 0. The largest absolute Gasteiger partial charge is 0.303 e. The van der Waals surface area contributed by atoms with Crippen LogP contribution < -0.4 is 5.46 Å². The Morgan fingerprint density at radius 3 is 2.50 bits per heavy atom. The fourth-order valence-corrected chi connectivity index (χ4v) is 1.92. The van der Waals surface area contributed by atoms with Gasteiger partial charge in [0.15, 0.2) is 0 Å². The van der Waals surface area contributed by atoms with Crippen LogP contribution in [-0.2, 0) is 16.0 Å². The highest BCUT2D eigenvalue weighted by atomic mass is 79.9. The van der Waals surface area contributed by atoms with E-state index in [4.69, 9.17) is 0 Å². The lowest BCUT2D eigenvalue weighted by molar-refractivity contribution is -0.119.